The van der Waals surface area contributed by atoms with Crippen molar-refractivity contribution < 1.29 is 0 Å². The Morgan fingerprint density at radius 3 is 1.56 bits per heavy atom. The van der Waals surface area contributed by atoms with Gasteiger partial charge >= 0.3 is 0 Å². The van der Waals surface area contributed by atoms with E-state index in [0.29, 0.717) is 5.92 Å². The van der Waals surface area contributed by atoms with E-state index in [1.807, 2.05) is 0 Å². The second kappa shape index (κ2) is 11.4. The maximum atomic E-state index is 2.58. The van der Waals surface area contributed by atoms with Crippen molar-refractivity contribution in [3.63, 3.8) is 0 Å². The van der Waals surface area contributed by atoms with Gasteiger partial charge in [-0.05, 0) is 190 Å². The van der Waals surface area contributed by atoms with Gasteiger partial charge in [0.05, 0.1) is 0 Å². The Morgan fingerprint density at radius 1 is 0.339 bits per heavy atom. The van der Waals surface area contributed by atoms with Crippen LogP contribution in [-0.4, -0.2) is 0 Å². The topological polar surface area (TPSA) is 0 Å². The summed E-state index contributed by atoms with van der Waals surface area (Å²) in [5.41, 5.74) is 8.03. The Labute approximate surface area is 340 Å². The first-order valence-electron chi connectivity index (χ1n) is 21.1. The second-order valence-corrected chi connectivity index (χ2v) is 17.1. The lowest BCUT2D eigenvalue weighted by Gasteiger charge is -2.20. The maximum Gasteiger partial charge on any atom is -0.000730 e. The lowest BCUT2D eigenvalue weighted by atomic mass is 9.83. The largest absolute Gasteiger partial charge is 0.0833 e. The van der Waals surface area contributed by atoms with Gasteiger partial charge in [-0.3, -0.25) is 0 Å². The molecule has 13 aromatic carbocycles. The molecule has 0 heteroatoms. The Morgan fingerprint density at radius 2 is 0.864 bits per heavy atom. The third-order valence-electron chi connectivity index (χ3n) is 14.1. The summed E-state index contributed by atoms with van der Waals surface area (Å²) >= 11 is 0. The maximum absolute atomic E-state index is 2.58. The summed E-state index contributed by atoms with van der Waals surface area (Å²) in [4.78, 5) is 0. The number of hydrogen-bond acceptors (Lipinski definition) is 0. The molecule has 0 saturated carbocycles. The van der Waals surface area contributed by atoms with E-state index in [-0.39, 0.29) is 0 Å². The van der Waals surface area contributed by atoms with Crippen LogP contribution in [0.1, 0.15) is 30.4 Å². The Balaban J connectivity index is 1.28. The van der Waals surface area contributed by atoms with E-state index in [1.165, 1.54) is 141 Å². The molecule has 0 heterocycles. The number of benzene rings is 11. The fraction of sp³-hybridized carbons (Fsp3) is 0.0508. The van der Waals surface area contributed by atoms with Crippen molar-refractivity contribution in [2.24, 2.45) is 0 Å². The first-order valence-corrected chi connectivity index (χ1v) is 21.1. The van der Waals surface area contributed by atoms with Crippen LogP contribution in [0.25, 0.3) is 136 Å². The van der Waals surface area contributed by atoms with Crippen LogP contribution in [0.4, 0.5) is 0 Å². The van der Waals surface area contributed by atoms with E-state index >= 15 is 0 Å². The van der Waals surface area contributed by atoms with Crippen LogP contribution in [0.5, 0.6) is 0 Å². The molecule has 272 valence electrons. The van der Waals surface area contributed by atoms with Gasteiger partial charge in [0, 0.05) is 0 Å². The molecule has 59 heavy (non-hydrogen) atoms. The highest BCUT2D eigenvalue weighted by atomic mass is 14.3. The zero-order chi connectivity index (χ0) is 38.5. The molecule has 0 saturated heterocycles. The Bertz CT molecular complexity index is 3990. The molecule has 1 unspecified atom stereocenters. The van der Waals surface area contributed by atoms with Gasteiger partial charge in [-0.1, -0.05) is 153 Å². The minimum Gasteiger partial charge on any atom is -0.0833 e. The van der Waals surface area contributed by atoms with Crippen molar-refractivity contribution in [2.45, 2.75) is 19.3 Å². The number of hydrogen-bond donors (Lipinski definition) is 0. The van der Waals surface area contributed by atoms with E-state index in [1.54, 1.807) is 0 Å². The second-order valence-electron chi connectivity index (χ2n) is 17.1. The van der Waals surface area contributed by atoms with Gasteiger partial charge in [0.1, 0.15) is 0 Å². The molecule has 1 aliphatic rings. The van der Waals surface area contributed by atoms with Crippen LogP contribution in [0, 0.1) is 0 Å². The molecule has 0 N–H and O–H groups in total. The van der Waals surface area contributed by atoms with Gasteiger partial charge in [0.15, 0.2) is 0 Å². The zero-order valence-corrected chi connectivity index (χ0v) is 32.6. The fourth-order valence-corrected chi connectivity index (χ4v) is 11.5. The van der Waals surface area contributed by atoms with Crippen LogP contribution < -0.4 is 0 Å². The Kier molecular flexibility index (Phi) is 6.16. The lowest BCUT2D eigenvalue weighted by molar-refractivity contribution is 0.774. The fourth-order valence-electron chi connectivity index (χ4n) is 11.5. The van der Waals surface area contributed by atoms with Crippen molar-refractivity contribution >= 4 is 114 Å². The van der Waals surface area contributed by atoms with Crippen molar-refractivity contribution in [1.29, 1.82) is 0 Å². The predicted octanol–water partition coefficient (Wildman–Crippen LogP) is 16.9. The van der Waals surface area contributed by atoms with Gasteiger partial charge in [-0.25, -0.2) is 0 Å². The molecular weight excluding hydrogens is 709 g/mol. The average molecular weight is 745 g/mol. The van der Waals surface area contributed by atoms with Gasteiger partial charge in [-0.2, -0.15) is 0 Å². The number of rotatable bonds is 2. The summed E-state index contributed by atoms with van der Waals surface area (Å²) in [5, 5.41) is 26.5. The van der Waals surface area contributed by atoms with Crippen LogP contribution in [-0.2, 0) is 0 Å². The molecule has 0 fully saturated rings. The van der Waals surface area contributed by atoms with Gasteiger partial charge in [0.25, 0.3) is 0 Å². The van der Waals surface area contributed by atoms with Crippen LogP contribution in [0.3, 0.4) is 0 Å². The summed E-state index contributed by atoms with van der Waals surface area (Å²) in [7, 11) is 0. The lowest BCUT2D eigenvalue weighted by Crippen LogP contribution is -2.00. The standard InChI is InChI=1S/C59H36/c1-33-11-8-18-42-44-20-10-22-46-57(44)53(30-47(33)42)59-55(40-26-24-35-13-3-5-15-37(35)28-40)51-31-48-45-21-9-19-43-41-17-7-6-16-38(41)29-50(56(43)45)49(48)32-52(51)54(58(46)59)39-25-23-34-12-2-4-14-36(34)27-39/h2-10,12-33H,11H2,1H3. The minimum absolute atomic E-state index is 0.450. The minimum atomic E-state index is 0.450. The summed E-state index contributed by atoms with van der Waals surface area (Å²) < 4.78 is 0. The van der Waals surface area contributed by atoms with E-state index in [4.69, 9.17) is 0 Å². The molecule has 0 amide bonds. The highest BCUT2D eigenvalue weighted by molar-refractivity contribution is 6.43. The van der Waals surface area contributed by atoms with Gasteiger partial charge < -0.3 is 0 Å². The van der Waals surface area contributed by atoms with E-state index in [2.05, 4.69) is 189 Å². The summed E-state index contributed by atoms with van der Waals surface area (Å²) in [6, 6.07) is 65.0. The SMILES string of the molecule is CC1CC=Cc2c1cc1c3c(-c4ccc5ccccc5c4)c4cc5c(cc4c(-c4ccc6ccccc6c4)c3c3cccc2c31)c1cc2ccccc2c2cccc5c21. The summed E-state index contributed by atoms with van der Waals surface area (Å²) in [6.07, 6.45) is 5.83. The van der Waals surface area contributed by atoms with Crippen molar-refractivity contribution in [3.05, 3.63) is 187 Å². The van der Waals surface area contributed by atoms with Gasteiger partial charge in [0.2, 0.25) is 0 Å². The average Bonchev–Trinajstić information content (AvgIpc) is 3.77. The molecule has 1 aliphatic carbocycles. The zero-order valence-electron chi connectivity index (χ0n) is 32.6. The predicted molar refractivity (Wildman–Crippen MR) is 257 cm³/mol. The third kappa shape index (κ3) is 4.18. The van der Waals surface area contributed by atoms with Gasteiger partial charge in [-0.15, -0.1) is 0 Å². The molecule has 0 aliphatic heterocycles. The van der Waals surface area contributed by atoms with Crippen molar-refractivity contribution in [3.8, 4) is 22.3 Å². The first kappa shape index (κ1) is 31.8. The van der Waals surface area contributed by atoms with Crippen molar-refractivity contribution in [2.75, 3.05) is 0 Å². The smallest absolute Gasteiger partial charge is 0.000730 e. The molecular formula is C59H36. The van der Waals surface area contributed by atoms with Crippen LogP contribution in [0.2, 0.25) is 0 Å². The highest BCUT2D eigenvalue weighted by Gasteiger charge is 2.28. The van der Waals surface area contributed by atoms with E-state index in [9.17, 15) is 0 Å². The molecule has 0 spiro atoms. The molecule has 13 aromatic rings. The molecule has 0 radical (unpaired) electrons. The third-order valence-corrected chi connectivity index (χ3v) is 14.1. The summed E-state index contributed by atoms with van der Waals surface area (Å²) in [5.74, 6) is 0.450. The monoisotopic (exact) mass is 744 g/mol. The number of allylic oxidation sites excluding steroid dienone is 1. The highest BCUT2D eigenvalue weighted by Crippen LogP contribution is 2.55. The normalized spacial score (nSPS) is 14.6. The molecule has 0 aromatic heterocycles. The molecule has 14 rings (SSSR count). The quantitative estimate of drug-likeness (QED) is 0.155. The molecule has 0 bridgehead atoms. The van der Waals surface area contributed by atoms with E-state index in [0.717, 1.165) is 6.42 Å². The van der Waals surface area contributed by atoms with Crippen LogP contribution >= 0.6 is 0 Å². The van der Waals surface area contributed by atoms with Crippen LogP contribution in [0.15, 0.2) is 176 Å². The first-order chi connectivity index (χ1) is 29.2. The summed E-state index contributed by atoms with van der Waals surface area (Å²) in [6.45, 7) is 2.40. The van der Waals surface area contributed by atoms with Crippen molar-refractivity contribution in [1.82, 2.24) is 0 Å². The number of fused-ring (bicyclic) bond motifs is 13. The molecule has 0 nitrogen and oxygen atoms in total. The molecule has 1 atom stereocenters. The Hall–Kier alpha value is -7.28. The van der Waals surface area contributed by atoms with E-state index < -0.39 is 0 Å².